The minimum absolute atomic E-state index is 0.0367. The molecule has 2 heterocycles. The fraction of sp³-hybridized carbons (Fsp3) is 0.538. The molecular formula is C26H36N2O4. The van der Waals surface area contributed by atoms with Crippen LogP contribution in [-0.4, -0.2) is 59.6 Å². The molecule has 1 N–H and O–H groups in total. The monoisotopic (exact) mass is 440 g/mol. The van der Waals surface area contributed by atoms with Gasteiger partial charge in [-0.05, 0) is 56.2 Å². The number of hydrogen-bond donors (Lipinski definition) is 1. The van der Waals surface area contributed by atoms with E-state index in [1.165, 1.54) is 36.6 Å². The molecule has 0 unspecified atom stereocenters. The average molecular weight is 441 g/mol. The summed E-state index contributed by atoms with van der Waals surface area (Å²) in [6, 6.07) is 8.36. The van der Waals surface area contributed by atoms with Crippen LogP contribution in [0.5, 0.6) is 5.75 Å². The second-order valence-corrected chi connectivity index (χ2v) is 9.47. The lowest BCUT2D eigenvalue weighted by Gasteiger charge is -2.46. The molecule has 0 aliphatic carbocycles. The standard InChI is InChI=1S/C26H36N2O4/c1-21(2)20-32-23-8-4-3-7-22(23)19-27-15-11-26(12-16-27)13-17-28(18-14-26)24(29)9-5-6-10-25(30)31/h3-10,21H,11-20H2,1-2H3,(H,30,31)/b9-5+,10-6+. The van der Waals surface area contributed by atoms with Crippen molar-refractivity contribution >= 4 is 11.9 Å². The van der Waals surface area contributed by atoms with Crippen LogP contribution >= 0.6 is 0 Å². The highest BCUT2D eigenvalue weighted by molar-refractivity contribution is 5.88. The molecule has 0 radical (unpaired) electrons. The molecule has 1 spiro atoms. The molecule has 2 fully saturated rings. The summed E-state index contributed by atoms with van der Waals surface area (Å²) in [5.41, 5.74) is 1.60. The molecule has 1 aromatic carbocycles. The Labute approximate surface area is 191 Å². The smallest absolute Gasteiger partial charge is 0.328 e. The van der Waals surface area contributed by atoms with E-state index >= 15 is 0 Å². The Morgan fingerprint density at radius 1 is 1.03 bits per heavy atom. The van der Waals surface area contributed by atoms with Crippen molar-refractivity contribution in [1.82, 2.24) is 9.80 Å². The predicted octanol–water partition coefficient (Wildman–Crippen LogP) is 4.12. The van der Waals surface area contributed by atoms with E-state index in [-0.39, 0.29) is 5.91 Å². The Morgan fingerprint density at radius 3 is 2.31 bits per heavy atom. The van der Waals surface area contributed by atoms with Crippen molar-refractivity contribution in [1.29, 1.82) is 0 Å². The first-order valence-corrected chi connectivity index (χ1v) is 11.7. The van der Waals surface area contributed by atoms with Crippen LogP contribution in [0, 0.1) is 11.3 Å². The maximum atomic E-state index is 12.3. The number of aliphatic carboxylic acids is 1. The number of rotatable bonds is 8. The maximum absolute atomic E-state index is 12.3. The highest BCUT2D eigenvalue weighted by Crippen LogP contribution is 2.41. The normalized spacial score (nSPS) is 19.3. The lowest BCUT2D eigenvalue weighted by atomic mass is 9.71. The molecule has 1 amide bonds. The highest BCUT2D eigenvalue weighted by atomic mass is 16.5. The van der Waals surface area contributed by atoms with Gasteiger partial charge in [0.1, 0.15) is 5.75 Å². The number of carbonyl (C=O) groups excluding carboxylic acids is 1. The lowest BCUT2D eigenvalue weighted by Crippen LogP contribution is -2.47. The first kappa shape index (κ1) is 24.1. The summed E-state index contributed by atoms with van der Waals surface area (Å²) >= 11 is 0. The van der Waals surface area contributed by atoms with Gasteiger partial charge in [0.05, 0.1) is 6.61 Å². The van der Waals surface area contributed by atoms with Gasteiger partial charge in [0.15, 0.2) is 0 Å². The minimum atomic E-state index is -1.01. The summed E-state index contributed by atoms with van der Waals surface area (Å²) in [6.07, 6.45) is 9.79. The molecule has 6 heteroatoms. The highest BCUT2D eigenvalue weighted by Gasteiger charge is 2.38. The second-order valence-electron chi connectivity index (χ2n) is 9.47. The summed E-state index contributed by atoms with van der Waals surface area (Å²) in [5, 5.41) is 8.60. The van der Waals surface area contributed by atoms with Crippen molar-refractivity contribution in [3.8, 4) is 5.75 Å². The Balaban J connectivity index is 1.46. The van der Waals surface area contributed by atoms with Gasteiger partial charge in [-0.2, -0.15) is 0 Å². The summed E-state index contributed by atoms with van der Waals surface area (Å²) in [4.78, 5) is 27.2. The Kier molecular flexibility index (Phi) is 8.51. The number of hydrogen-bond acceptors (Lipinski definition) is 4. The molecule has 6 nitrogen and oxygen atoms in total. The Hall–Kier alpha value is -2.60. The minimum Gasteiger partial charge on any atom is -0.493 e. The number of carbonyl (C=O) groups is 2. The third-order valence-corrected chi connectivity index (χ3v) is 6.58. The Morgan fingerprint density at radius 2 is 1.66 bits per heavy atom. The van der Waals surface area contributed by atoms with E-state index in [4.69, 9.17) is 9.84 Å². The number of carboxylic acids is 1. The molecular weight excluding hydrogens is 404 g/mol. The number of likely N-dealkylation sites (tertiary alicyclic amines) is 2. The molecule has 32 heavy (non-hydrogen) atoms. The summed E-state index contributed by atoms with van der Waals surface area (Å²) < 4.78 is 6.03. The number of ether oxygens (including phenoxy) is 1. The van der Waals surface area contributed by atoms with Crippen molar-refractivity contribution in [2.45, 2.75) is 46.1 Å². The largest absolute Gasteiger partial charge is 0.493 e. The number of piperidine rings is 2. The topological polar surface area (TPSA) is 70.1 Å². The molecule has 0 aromatic heterocycles. The zero-order valence-corrected chi connectivity index (χ0v) is 19.3. The van der Waals surface area contributed by atoms with E-state index < -0.39 is 5.97 Å². The number of carboxylic acid groups (broad SMARTS) is 1. The quantitative estimate of drug-likeness (QED) is 0.486. The van der Waals surface area contributed by atoms with Crippen LogP contribution in [0.25, 0.3) is 0 Å². The van der Waals surface area contributed by atoms with E-state index in [0.717, 1.165) is 64.0 Å². The Bertz CT molecular complexity index is 828. The van der Waals surface area contributed by atoms with Crippen molar-refractivity contribution in [2.75, 3.05) is 32.8 Å². The van der Waals surface area contributed by atoms with Crippen molar-refractivity contribution in [2.24, 2.45) is 11.3 Å². The molecule has 0 bridgehead atoms. The van der Waals surface area contributed by atoms with Gasteiger partial charge in [-0.15, -0.1) is 0 Å². The number of benzene rings is 1. The zero-order chi connectivity index (χ0) is 23.0. The third kappa shape index (κ3) is 6.95. The van der Waals surface area contributed by atoms with E-state index in [9.17, 15) is 9.59 Å². The van der Waals surface area contributed by atoms with E-state index in [0.29, 0.717) is 11.3 Å². The molecule has 3 rings (SSSR count). The number of nitrogens with zero attached hydrogens (tertiary/aromatic N) is 2. The summed E-state index contributed by atoms with van der Waals surface area (Å²) in [7, 11) is 0. The van der Waals surface area contributed by atoms with Crippen LogP contribution in [0.2, 0.25) is 0 Å². The second kappa shape index (κ2) is 11.3. The van der Waals surface area contributed by atoms with Gasteiger partial charge in [-0.1, -0.05) is 44.2 Å². The van der Waals surface area contributed by atoms with Crippen LogP contribution in [0.3, 0.4) is 0 Å². The molecule has 0 saturated carbocycles. The first-order valence-electron chi connectivity index (χ1n) is 11.7. The fourth-order valence-electron chi connectivity index (χ4n) is 4.54. The fourth-order valence-corrected chi connectivity index (χ4v) is 4.54. The molecule has 1 aromatic rings. The summed E-state index contributed by atoms with van der Waals surface area (Å²) in [6.45, 7) is 9.69. The van der Waals surface area contributed by atoms with Crippen molar-refractivity contribution in [3.05, 3.63) is 54.1 Å². The van der Waals surface area contributed by atoms with Gasteiger partial charge in [0.2, 0.25) is 5.91 Å². The molecule has 174 valence electrons. The zero-order valence-electron chi connectivity index (χ0n) is 19.3. The van der Waals surface area contributed by atoms with E-state index in [1.807, 2.05) is 11.0 Å². The number of amides is 1. The maximum Gasteiger partial charge on any atom is 0.328 e. The third-order valence-electron chi connectivity index (χ3n) is 6.58. The van der Waals surface area contributed by atoms with Gasteiger partial charge in [-0.25, -0.2) is 4.79 Å². The summed E-state index contributed by atoms with van der Waals surface area (Å²) in [5.74, 6) is 0.456. The molecule has 2 aliphatic rings. The molecule has 2 saturated heterocycles. The van der Waals surface area contributed by atoms with E-state index in [1.54, 1.807) is 0 Å². The van der Waals surface area contributed by atoms with E-state index in [2.05, 4.69) is 36.9 Å². The van der Waals surface area contributed by atoms with Crippen LogP contribution in [0.15, 0.2) is 48.6 Å². The van der Waals surface area contributed by atoms with Crippen molar-refractivity contribution in [3.63, 3.8) is 0 Å². The predicted molar refractivity (Wildman–Crippen MR) is 125 cm³/mol. The van der Waals surface area contributed by atoms with Gasteiger partial charge in [-0.3, -0.25) is 9.69 Å². The van der Waals surface area contributed by atoms with Crippen LogP contribution in [0.1, 0.15) is 45.1 Å². The average Bonchev–Trinajstić information content (AvgIpc) is 2.78. The van der Waals surface area contributed by atoms with Crippen molar-refractivity contribution < 1.29 is 19.4 Å². The van der Waals surface area contributed by atoms with Gasteiger partial charge < -0.3 is 14.7 Å². The van der Waals surface area contributed by atoms with Crippen LogP contribution in [-0.2, 0) is 16.1 Å². The molecule has 0 atom stereocenters. The molecule has 2 aliphatic heterocycles. The van der Waals surface area contributed by atoms with Crippen LogP contribution in [0.4, 0.5) is 0 Å². The number of allylic oxidation sites excluding steroid dienone is 2. The number of para-hydroxylation sites is 1. The van der Waals surface area contributed by atoms with Gasteiger partial charge >= 0.3 is 5.97 Å². The lowest BCUT2D eigenvalue weighted by molar-refractivity contribution is -0.131. The first-order chi connectivity index (χ1) is 15.4. The van der Waals surface area contributed by atoms with Gasteiger partial charge in [0, 0.05) is 37.3 Å². The van der Waals surface area contributed by atoms with Crippen LogP contribution < -0.4 is 4.74 Å². The van der Waals surface area contributed by atoms with Gasteiger partial charge in [0.25, 0.3) is 0 Å². The SMILES string of the molecule is CC(C)COc1ccccc1CN1CCC2(CC1)CCN(C(=O)/C=C/C=C/C(=O)O)CC2.